The van der Waals surface area contributed by atoms with Crippen molar-refractivity contribution in [2.24, 2.45) is 7.05 Å². The zero-order valence-electron chi connectivity index (χ0n) is 16.7. The van der Waals surface area contributed by atoms with E-state index in [1.807, 2.05) is 62.5 Å². The second-order valence-electron chi connectivity index (χ2n) is 7.29. The molecule has 0 saturated carbocycles. The molecule has 1 N–H and O–H groups in total. The van der Waals surface area contributed by atoms with Gasteiger partial charge in [-0.25, -0.2) is 4.98 Å². The van der Waals surface area contributed by atoms with E-state index in [0.29, 0.717) is 17.9 Å². The first-order valence-corrected chi connectivity index (χ1v) is 9.60. The van der Waals surface area contributed by atoms with Gasteiger partial charge in [0, 0.05) is 25.4 Å². The van der Waals surface area contributed by atoms with Crippen molar-refractivity contribution in [3.05, 3.63) is 71.5 Å². The molecule has 3 aromatic rings. The number of nitrogens with zero attached hydrogens (tertiary/aromatic N) is 4. The van der Waals surface area contributed by atoms with Crippen LogP contribution in [0.4, 0.5) is 0 Å². The van der Waals surface area contributed by atoms with Crippen molar-refractivity contribution in [2.75, 3.05) is 0 Å². The molecule has 0 radical (unpaired) electrons. The Hall–Kier alpha value is -3.48. The monoisotopic (exact) mass is 389 g/mol. The minimum Gasteiger partial charge on any atom is -0.348 e. The second kappa shape index (κ2) is 7.50. The highest BCUT2D eigenvalue weighted by Gasteiger charge is 2.35. The van der Waals surface area contributed by atoms with E-state index in [2.05, 4.69) is 15.4 Å². The van der Waals surface area contributed by atoms with Crippen LogP contribution in [0.25, 0.3) is 11.4 Å². The number of amides is 2. The van der Waals surface area contributed by atoms with Crippen molar-refractivity contribution in [1.82, 2.24) is 25.0 Å². The van der Waals surface area contributed by atoms with Gasteiger partial charge in [-0.15, -0.1) is 0 Å². The molecular weight excluding hydrogens is 366 g/mol. The summed E-state index contributed by atoms with van der Waals surface area (Å²) in [5, 5.41) is 7.15. The fraction of sp³-hybridized carbons (Fsp3) is 0.273. The summed E-state index contributed by atoms with van der Waals surface area (Å²) in [6, 6.07) is 14.7. The second-order valence-corrected chi connectivity index (χ2v) is 7.29. The fourth-order valence-corrected chi connectivity index (χ4v) is 3.57. The topological polar surface area (TPSA) is 80.1 Å². The maximum Gasteiger partial charge on any atom is 0.273 e. The summed E-state index contributed by atoms with van der Waals surface area (Å²) >= 11 is 0. The molecule has 148 valence electrons. The number of fused-ring (bicyclic) bond motifs is 1. The number of nitrogens with one attached hydrogen (secondary N) is 1. The first-order valence-electron chi connectivity index (χ1n) is 9.60. The molecule has 1 aliphatic rings. The first kappa shape index (κ1) is 18.9. The normalized spacial score (nSPS) is 15.1. The van der Waals surface area contributed by atoms with Crippen LogP contribution in [-0.4, -0.2) is 37.5 Å². The highest BCUT2D eigenvalue weighted by Crippen LogP contribution is 2.27. The Morgan fingerprint density at radius 2 is 1.86 bits per heavy atom. The zero-order valence-corrected chi connectivity index (χ0v) is 16.7. The van der Waals surface area contributed by atoms with Crippen LogP contribution in [0.2, 0.25) is 0 Å². The summed E-state index contributed by atoms with van der Waals surface area (Å²) in [6.07, 6.45) is 1.69. The lowest BCUT2D eigenvalue weighted by molar-refractivity contribution is -0.125. The van der Waals surface area contributed by atoms with E-state index in [0.717, 1.165) is 16.8 Å². The Morgan fingerprint density at radius 3 is 2.55 bits per heavy atom. The summed E-state index contributed by atoms with van der Waals surface area (Å²) in [5.74, 6) is -0.409. The van der Waals surface area contributed by atoms with Gasteiger partial charge in [0.2, 0.25) is 5.91 Å². The SMILES string of the molecule is C[C@H](C(=O)N[C@H](C)c1ccccc1)N1Cc2ccc(-c3ccnn3C)nc2C1=O. The van der Waals surface area contributed by atoms with Gasteiger partial charge in [0.1, 0.15) is 11.7 Å². The molecule has 0 bridgehead atoms. The van der Waals surface area contributed by atoms with Crippen LogP contribution in [0, 0.1) is 0 Å². The predicted molar refractivity (Wildman–Crippen MR) is 109 cm³/mol. The molecule has 2 amide bonds. The molecule has 2 atom stereocenters. The van der Waals surface area contributed by atoms with Crippen molar-refractivity contribution in [2.45, 2.75) is 32.5 Å². The number of aryl methyl sites for hydroxylation is 1. The van der Waals surface area contributed by atoms with Gasteiger partial charge in [0.15, 0.2) is 0 Å². The molecular formula is C22H23N5O2. The Bertz CT molecular complexity index is 1060. The minimum atomic E-state index is -0.594. The number of benzene rings is 1. The molecule has 7 nitrogen and oxygen atoms in total. The van der Waals surface area contributed by atoms with Crippen molar-refractivity contribution < 1.29 is 9.59 Å². The first-order chi connectivity index (χ1) is 14.0. The van der Waals surface area contributed by atoms with E-state index in [1.54, 1.807) is 22.7 Å². The van der Waals surface area contributed by atoms with Gasteiger partial charge in [0.05, 0.1) is 17.4 Å². The summed E-state index contributed by atoms with van der Waals surface area (Å²) < 4.78 is 1.72. The standard InChI is InChI=1S/C22H23N5O2/c1-14(16-7-5-4-6-8-16)24-21(28)15(2)27-13-17-9-10-18(25-20(17)22(27)29)19-11-12-23-26(19)3/h4-12,14-15H,13H2,1-3H3,(H,24,28)/t14-,15-/m1/s1. The Morgan fingerprint density at radius 1 is 1.10 bits per heavy atom. The Kier molecular flexibility index (Phi) is 4.88. The molecule has 2 aromatic heterocycles. The van der Waals surface area contributed by atoms with Gasteiger partial charge < -0.3 is 10.2 Å². The number of carbonyl (C=O) groups excluding carboxylic acids is 2. The lowest BCUT2D eigenvalue weighted by Crippen LogP contribution is -2.45. The van der Waals surface area contributed by atoms with Crippen molar-refractivity contribution in [1.29, 1.82) is 0 Å². The lowest BCUT2D eigenvalue weighted by atomic mass is 10.1. The highest BCUT2D eigenvalue weighted by atomic mass is 16.2. The molecule has 7 heteroatoms. The van der Waals surface area contributed by atoms with E-state index in [1.165, 1.54) is 0 Å². The van der Waals surface area contributed by atoms with Gasteiger partial charge in [-0.2, -0.15) is 5.10 Å². The number of rotatable bonds is 5. The smallest absolute Gasteiger partial charge is 0.273 e. The van der Waals surface area contributed by atoms with Gasteiger partial charge in [-0.05, 0) is 31.5 Å². The quantitative estimate of drug-likeness (QED) is 0.728. The third kappa shape index (κ3) is 3.51. The molecule has 1 aromatic carbocycles. The van der Waals surface area contributed by atoms with E-state index < -0.39 is 6.04 Å². The van der Waals surface area contributed by atoms with E-state index >= 15 is 0 Å². The maximum atomic E-state index is 13.0. The van der Waals surface area contributed by atoms with E-state index in [9.17, 15) is 9.59 Å². The Labute approximate surface area is 169 Å². The number of hydrogen-bond donors (Lipinski definition) is 1. The molecule has 0 spiro atoms. The molecule has 0 fully saturated rings. The van der Waals surface area contributed by atoms with Gasteiger partial charge in [-0.3, -0.25) is 14.3 Å². The summed E-state index contributed by atoms with van der Waals surface area (Å²) in [5.41, 5.74) is 3.78. The van der Waals surface area contributed by atoms with E-state index in [-0.39, 0.29) is 17.9 Å². The maximum absolute atomic E-state index is 13.0. The highest BCUT2D eigenvalue weighted by molar-refractivity contribution is 5.99. The largest absolute Gasteiger partial charge is 0.348 e. The number of aromatic nitrogens is 3. The number of carbonyl (C=O) groups is 2. The van der Waals surface area contributed by atoms with Crippen LogP contribution in [0.15, 0.2) is 54.7 Å². The molecule has 1 aliphatic heterocycles. The van der Waals surface area contributed by atoms with Crippen molar-refractivity contribution in [3.63, 3.8) is 0 Å². The van der Waals surface area contributed by atoms with Crippen LogP contribution in [0.5, 0.6) is 0 Å². The lowest BCUT2D eigenvalue weighted by Gasteiger charge is -2.25. The van der Waals surface area contributed by atoms with Crippen LogP contribution in [-0.2, 0) is 18.4 Å². The van der Waals surface area contributed by atoms with Crippen molar-refractivity contribution >= 4 is 11.8 Å². The van der Waals surface area contributed by atoms with Gasteiger partial charge in [0.25, 0.3) is 5.91 Å². The third-order valence-corrected chi connectivity index (χ3v) is 5.37. The molecule has 0 aliphatic carbocycles. The predicted octanol–water partition coefficient (Wildman–Crippen LogP) is 2.70. The van der Waals surface area contributed by atoms with Crippen LogP contribution in [0.1, 0.15) is 41.5 Å². The molecule has 0 saturated heterocycles. The number of hydrogen-bond acceptors (Lipinski definition) is 4. The van der Waals surface area contributed by atoms with Gasteiger partial charge >= 0.3 is 0 Å². The average molecular weight is 389 g/mol. The van der Waals surface area contributed by atoms with Gasteiger partial charge in [-0.1, -0.05) is 36.4 Å². The molecule has 3 heterocycles. The summed E-state index contributed by atoms with van der Waals surface area (Å²) in [7, 11) is 1.83. The van der Waals surface area contributed by atoms with Crippen LogP contribution >= 0.6 is 0 Å². The van der Waals surface area contributed by atoms with E-state index in [4.69, 9.17) is 0 Å². The zero-order chi connectivity index (χ0) is 20.5. The summed E-state index contributed by atoms with van der Waals surface area (Å²) in [6.45, 7) is 4.06. The Balaban J connectivity index is 1.50. The molecule has 4 rings (SSSR count). The minimum absolute atomic E-state index is 0.138. The fourth-order valence-electron chi connectivity index (χ4n) is 3.57. The summed E-state index contributed by atoms with van der Waals surface area (Å²) in [4.78, 5) is 31.9. The van der Waals surface area contributed by atoms with Crippen molar-refractivity contribution in [3.8, 4) is 11.4 Å². The molecule has 29 heavy (non-hydrogen) atoms. The van der Waals surface area contributed by atoms with Crippen LogP contribution in [0.3, 0.4) is 0 Å². The number of pyridine rings is 1. The average Bonchev–Trinajstić information content (AvgIpc) is 3.31. The molecule has 0 unspecified atom stereocenters. The third-order valence-electron chi connectivity index (χ3n) is 5.37. The van der Waals surface area contributed by atoms with Crippen LogP contribution < -0.4 is 5.32 Å².